The highest BCUT2D eigenvalue weighted by molar-refractivity contribution is 6.42. The zero-order chi connectivity index (χ0) is 15.2. The molecule has 0 unspecified atom stereocenters. The van der Waals surface area contributed by atoms with Crippen molar-refractivity contribution in [2.24, 2.45) is 0 Å². The molecule has 0 bridgehead atoms. The first-order chi connectivity index (χ1) is 10.0. The molecule has 21 heavy (non-hydrogen) atoms. The van der Waals surface area contributed by atoms with E-state index in [1.165, 1.54) is 0 Å². The van der Waals surface area contributed by atoms with Gasteiger partial charge in [-0.2, -0.15) is 0 Å². The summed E-state index contributed by atoms with van der Waals surface area (Å²) >= 11 is 11.8. The molecule has 2 aromatic carbocycles. The fraction of sp³-hybridized carbons (Fsp3) is 0.188. The van der Waals surface area contributed by atoms with E-state index in [-0.39, 0.29) is 5.91 Å². The van der Waals surface area contributed by atoms with Gasteiger partial charge in [-0.1, -0.05) is 40.9 Å². The van der Waals surface area contributed by atoms with E-state index in [1.54, 1.807) is 12.1 Å². The van der Waals surface area contributed by atoms with E-state index in [0.29, 0.717) is 23.0 Å². The minimum absolute atomic E-state index is 0.0357. The summed E-state index contributed by atoms with van der Waals surface area (Å²) in [4.78, 5) is 11.8. The Morgan fingerprint density at radius 2 is 1.67 bits per heavy atom. The molecule has 3 nitrogen and oxygen atoms in total. The highest BCUT2D eigenvalue weighted by Gasteiger charge is 2.03. The van der Waals surface area contributed by atoms with E-state index in [0.717, 1.165) is 16.9 Å². The molecule has 0 saturated heterocycles. The molecular weight excluding hydrogens is 307 g/mol. The van der Waals surface area contributed by atoms with Gasteiger partial charge in [0.15, 0.2) is 0 Å². The van der Waals surface area contributed by atoms with Crippen LogP contribution >= 0.6 is 23.2 Å². The molecule has 2 N–H and O–H groups in total. The van der Waals surface area contributed by atoms with Crippen LogP contribution in [0.3, 0.4) is 0 Å². The summed E-state index contributed by atoms with van der Waals surface area (Å²) in [6.07, 6.45) is 0.369. The average molecular weight is 323 g/mol. The smallest absolute Gasteiger partial charge is 0.226 e. The molecule has 0 heterocycles. The minimum Gasteiger partial charge on any atom is -0.384 e. The lowest BCUT2D eigenvalue weighted by Crippen LogP contribution is -2.16. The largest absolute Gasteiger partial charge is 0.384 e. The van der Waals surface area contributed by atoms with Crippen LogP contribution in [0.2, 0.25) is 10.0 Å². The zero-order valence-electron chi connectivity index (χ0n) is 11.6. The molecule has 110 valence electrons. The summed E-state index contributed by atoms with van der Waals surface area (Å²) in [5.41, 5.74) is 2.81. The standard InChI is InChI=1S/C16H16Cl2N2O/c1-11-2-4-12(5-3-11)20-16(21)8-9-19-13-6-7-14(17)15(18)10-13/h2-7,10,19H,8-9H2,1H3,(H,20,21). The summed E-state index contributed by atoms with van der Waals surface area (Å²) in [6, 6.07) is 13.0. The van der Waals surface area contributed by atoms with E-state index in [1.807, 2.05) is 37.3 Å². The number of anilines is 2. The normalized spacial score (nSPS) is 10.2. The van der Waals surface area contributed by atoms with Crippen molar-refractivity contribution in [2.45, 2.75) is 13.3 Å². The van der Waals surface area contributed by atoms with Crippen molar-refractivity contribution in [3.05, 3.63) is 58.1 Å². The number of hydrogen-bond donors (Lipinski definition) is 2. The van der Waals surface area contributed by atoms with Crippen molar-refractivity contribution < 1.29 is 4.79 Å². The number of hydrogen-bond acceptors (Lipinski definition) is 2. The molecule has 0 fully saturated rings. The van der Waals surface area contributed by atoms with Gasteiger partial charge >= 0.3 is 0 Å². The van der Waals surface area contributed by atoms with Crippen molar-refractivity contribution >= 4 is 40.5 Å². The Morgan fingerprint density at radius 3 is 2.33 bits per heavy atom. The van der Waals surface area contributed by atoms with Crippen molar-refractivity contribution in [3.63, 3.8) is 0 Å². The summed E-state index contributed by atoms with van der Waals surface area (Å²) in [6.45, 7) is 2.53. The average Bonchev–Trinajstić information content (AvgIpc) is 2.45. The molecule has 0 radical (unpaired) electrons. The van der Waals surface area contributed by atoms with Crippen LogP contribution in [0.4, 0.5) is 11.4 Å². The van der Waals surface area contributed by atoms with Gasteiger partial charge in [-0.15, -0.1) is 0 Å². The maximum atomic E-state index is 11.8. The van der Waals surface area contributed by atoms with E-state index < -0.39 is 0 Å². The van der Waals surface area contributed by atoms with Gasteiger partial charge in [0.1, 0.15) is 0 Å². The number of benzene rings is 2. The summed E-state index contributed by atoms with van der Waals surface area (Å²) in [7, 11) is 0. The monoisotopic (exact) mass is 322 g/mol. The topological polar surface area (TPSA) is 41.1 Å². The number of rotatable bonds is 5. The van der Waals surface area contributed by atoms with Crippen molar-refractivity contribution in [1.82, 2.24) is 0 Å². The maximum absolute atomic E-state index is 11.8. The second kappa shape index (κ2) is 7.34. The fourth-order valence-corrected chi connectivity index (χ4v) is 2.08. The lowest BCUT2D eigenvalue weighted by molar-refractivity contribution is -0.115. The van der Waals surface area contributed by atoms with Crippen molar-refractivity contribution in [1.29, 1.82) is 0 Å². The third-order valence-electron chi connectivity index (χ3n) is 2.94. The summed E-state index contributed by atoms with van der Waals surface area (Å²) < 4.78 is 0. The molecule has 0 aliphatic heterocycles. The highest BCUT2D eigenvalue weighted by atomic mass is 35.5. The number of aryl methyl sites for hydroxylation is 1. The molecule has 2 aromatic rings. The highest BCUT2D eigenvalue weighted by Crippen LogP contribution is 2.24. The third-order valence-corrected chi connectivity index (χ3v) is 3.68. The molecule has 0 aliphatic rings. The molecule has 0 atom stereocenters. The predicted molar refractivity (Wildman–Crippen MR) is 89.4 cm³/mol. The van der Waals surface area contributed by atoms with Gasteiger partial charge in [0, 0.05) is 24.3 Å². The third kappa shape index (κ3) is 4.96. The Labute approximate surface area is 134 Å². The maximum Gasteiger partial charge on any atom is 0.226 e. The second-order valence-corrected chi connectivity index (χ2v) is 5.53. The first-order valence-electron chi connectivity index (χ1n) is 6.60. The fourth-order valence-electron chi connectivity index (χ4n) is 1.79. The van der Waals surface area contributed by atoms with E-state index in [9.17, 15) is 4.79 Å². The van der Waals surface area contributed by atoms with Crippen LogP contribution in [0.1, 0.15) is 12.0 Å². The molecule has 0 aromatic heterocycles. The van der Waals surface area contributed by atoms with Gasteiger partial charge < -0.3 is 10.6 Å². The number of halogens is 2. The number of amides is 1. The Hall–Kier alpha value is -1.71. The number of nitrogens with one attached hydrogen (secondary N) is 2. The van der Waals surface area contributed by atoms with Crippen LogP contribution in [0.25, 0.3) is 0 Å². The molecule has 0 saturated carbocycles. The van der Waals surface area contributed by atoms with Gasteiger partial charge in [-0.05, 0) is 37.3 Å². The van der Waals surface area contributed by atoms with E-state index >= 15 is 0 Å². The lowest BCUT2D eigenvalue weighted by atomic mass is 10.2. The van der Waals surface area contributed by atoms with Gasteiger partial charge in [0.25, 0.3) is 0 Å². The van der Waals surface area contributed by atoms with Crippen LogP contribution in [0.5, 0.6) is 0 Å². The van der Waals surface area contributed by atoms with E-state index in [2.05, 4.69) is 10.6 Å². The summed E-state index contributed by atoms with van der Waals surface area (Å²) in [5.74, 6) is -0.0357. The quantitative estimate of drug-likeness (QED) is 0.834. The van der Waals surface area contributed by atoms with Gasteiger partial charge in [-0.3, -0.25) is 4.79 Å². The molecule has 5 heteroatoms. The van der Waals surface area contributed by atoms with Crippen LogP contribution in [-0.2, 0) is 4.79 Å². The molecule has 0 aliphatic carbocycles. The predicted octanol–water partition coefficient (Wildman–Crippen LogP) is 4.74. The van der Waals surface area contributed by atoms with Crippen molar-refractivity contribution in [2.75, 3.05) is 17.2 Å². The van der Waals surface area contributed by atoms with Gasteiger partial charge in [0.2, 0.25) is 5.91 Å². The summed E-state index contributed by atoms with van der Waals surface area (Å²) in [5, 5.41) is 6.99. The Balaban J connectivity index is 1.78. The number of carbonyl (C=O) groups is 1. The van der Waals surface area contributed by atoms with Crippen LogP contribution in [0.15, 0.2) is 42.5 Å². The van der Waals surface area contributed by atoms with Gasteiger partial charge in [-0.25, -0.2) is 0 Å². The Kier molecular flexibility index (Phi) is 5.48. The minimum atomic E-state index is -0.0357. The van der Waals surface area contributed by atoms with Crippen LogP contribution in [0, 0.1) is 6.92 Å². The molecule has 2 rings (SSSR count). The first-order valence-corrected chi connectivity index (χ1v) is 7.35. The molecule has 1 amide bonds. The zero-order valence-corrected chi connectivity index (χ0v) is 13.1. The molecular formula is C16H16Cl2N2O. The Morgan fingerprint density at radius 1 is 1.00 bits per heavy atom. The first kappa shape index (κ1) is 15.7. The Bertz CT molecular complexity index is 627. The van der Waals surface area contributed by atoms with Crippen molar-refractivity contribution in [3.8, 4) is 0 Å². The van der Waals surface area contributed by atoms with Crippen LogP contribution in [-0.4, -0.2) is 12.5 Å². The van der Waals surface area contributed by atoms with E-state index in [4.69, 9.17) is 23.2 Å². The van der Waals surface area contributed by atoms with Crippen LogP contribution < -0.4 is 10.6 Å². The number of carbonyl (C=O) groups excluding carboxylic acids is 1. The van der Waals surface area contributed by atoms with Gasteiger partial charge in [0.05, 0.1) is 10.0 Å². The molecule has 0 spiro atoms. The SMILES string of the molecule is Cc1ccc(NC(=O)CCNc2ccc(Cl)c(Cl)c2)cc1. The second-order valence-electron chi connectivity index (χ2n) is 4.72. The lowest BCUT2D eigenvalue weighted by Gasteiger charge is -2.08.